The van der Waals surface area contributed by atoms with Crippen LogP contribution in [0.1, 0.15) is 6.92 Å². The fraction of sp³-hybridized carbons (Fsp3) is 0.667. The summed E-state index contributed by atoms with van der Waals surface area (Å²) in [6.07, 6.45) is 2.31. The number of hydrogen-bond donors (Lipinski definition) is 2. The van der Waals surface area contributed by atoms with E-state index < -0.39 is 6.10 Å². The molecule has 0 amide bonds. The van der Waals surface area contributed by atoms with Crippen LogP contribution in [-0.2, 0) is 4.74 Å². The predicted molar refractivity (Wildman–Crippen MR) is 33.7 cm³/mol. The minimum Gasteiger partial charge on any atom is -0.494 e. The first-order valence-electron chi connectivity index (χ1n) is 2.97. The number of rotatable bonds is 1. The third-order valence-corrected chi connectivity index (χ3v) is 1.37. The molecule has 0 saturated heterocycles. The second-order valence-electron chi connectivity index (χ2n) is 2.28. The van der Waals surface area contributed by atoms with Crippen LogP contribution in [0, 0.1) is 0 Å². The van der Waals surface area contributed by atoms with E-state index in [1.807, 2.05) is 0 Å². The van der Waals surface area contributed by atoms with Crippen LogP contribution in [0.5, 0.6) is 0 Å². The summed E-state index contributed by atoms with van der Waals surface area (Å²) in [4.78, 5) is 0. The highest BCUT2D eigenvalue weighted by Gasteiger charge is 2.25. The van der Waals surface area contributed by atoms with Crippen LogP contribution in [0.25, 0.3) is 0 Å². The molecule has 1 aliphatic rings. The second kappa shape index (κ2) is 2.37. The third-order valence-electron chi connectivity index (χ3n) is 1.37. The first-order chi connectivity index (χ1) is 4.22. The third kappa shape index (κ3) is 1.23. The lowest BCUT2D eigenvalue weighted by molar-refractivity contribution is 0.0494. The number of aliphatic hydroxyl groups is 1. The van der Waals surface area contributed by atoms with Crippen molar-refractivity contribution in [2.75, 3.05) is 0 Å². The molecule has 0 unspecified atom stereocenters. The molecule has 3 N–H and O–H groups in total. The molecule has 0 aromatic heterocycles. The molecule has 3 atom stereocenters. The summed E-state index contributed by atoms with van der Waals surface area (Å²) in [5.74, 6) is 0. The normalized spacial score (nSPS) is 36.3. The van der Waals surface area contributed by atoms with E-state index >= 15 is 0 Å². The van der Waals surface area contributed by atoms with Crippen LogP contribution in [0.4, 0.5) is 0 Å². The Bertz CT molecular complexity index is 122. The van der Waals surface area contributed by atoms with E-state index in [4.69, 9.17) is 15.6 Å². The van der Waals surface area contributed by atoms with Crippen molar-refractivity contribution in [3.63, 3.8) is 0 Å². The Morgan fingerprint density at radius 3 is 2.67 bits per heavy atom. The molecule has 9 heavy (non-hydrogen) atoms. The van der Waals surface area contributed by atoms with Crippen LogP contribution in [0.15, 0.2) is 12.3 Å². The second-order valence-corrected chi connectivity index (χ2v) is 2.28. The van der Waals surface area contributed by atoms with E-state index in [1.165, 1.54) is 6.26 Å². The molecule has 0 saturated carbocycles. The molecule has 0 aromatic rings. The molecule has 3 nitrogen and oxygen atoms in total. The van der Waals surface area contributed by atoms with Crippen LogP contribution in [0.2, 0.25) is 0 Å². The average Bonchev–Trinajstić information content (AvgIpc) is 2.13. The summed E-state index contributed by atoms with van der Waals surface area (Å²) in [5, 5.41) is 9.07. The van der Waals surface area contributed by atoms with Gasteiger partial charge in [-0.2, -0.15) is 0 Å². The minimum atomic E-state index is -0.523. The Kier molecular flexibility index (Phi) is 1.73. The monoisotopic (exact) mass is 129 g/mol. The maximum absolute atomic E-state index is 9.07. The maximum atomic E-state index is 9.07. The van der Waals surface area contributed by atoms with Gasteiger partial charge in [-0.3, -0.25) is 0 Å². The van der Waals surface area contributed by atoms with Crippen LogP contribution >= 0.6 is 0 Å². The Hall–Kier alpha value is -0.540. The zero-order chi connectivity index (χ0) is 6.85. The summed E-state index contributed by atoms with van der Waals surface area (Å²) in [7, 11) is 0. The molecule has 52 valence electrons. The van der Waals surface area contributed by atoms with Gasteiger partial charge in [0.25, 0.3) is 0 Å². The molecule has 0 spiro atoms. The van der Waals surface area contributed by atoms with E-state index in [9.17, 15) is 0 Å². The highest BCUT2D eigenvalue weighted by molar-refractivity contribution is 4.98. The molecule has 1 heterocycles. The van der Waals surface area contributed by atoms with Crippen LogP contribution in [0.3, 0.4) is 0 Å². The number of aliphatic hydroxyl groups excluding tert-OH is 1. The summed E-state index contributed by atoms with van der Waals surface area (Å²) in [5.41, 5.74) is 5.46. The zero-order valence-corrected chi connectivity index (χ0v) is 5.32. The van der Waals surface area contributed by atoms with Gasteiger partial charge in [0, 0.05) is 6.04 Å². The van der Waals surface area contributed by atoms with Crippen molar-refractivity contribution in [2.45, 2.75) is 25.2 Å². The zero-order valence-electron chi connectivity index (χ0n) is 5.32. The number of hydrogen-bond acceptors (Lipinski definition) is 3. The Morgan fingerprint density at radius 1 is 1.78 bits per heavy atom. The molecular weight excluding hydrogens is 118 g/mol. The van der Waals surface area contributed by atoms with Crippen LogP contribution < -0.4 is 5.73 Å². The van der Waals surface area contributed by atoms with Crippen molar-refractivity contribution in [1.82, 2.24) is 0 Å². The lowest BCUT2D eigenvalue weighted by atomic mass is 10.1. The van der Waals surface area contributed by atoms with E-state index in [0.717, 1.165) is 0 Å². The number of nitrogens with two attached hydrogens (primary N) is 1. The van der Waals surface area contributed by atoms with Crippen molar-refractivity contribution in [3.05, 3.63) is 12.3 Å². The van der Waals surface area contributed by atoms with Gasteiger partial charge in [0.05, 0.1) is 6.26 Å². The topological polar surface area (TPSA) is 55.5 Å². The van der Waals surface area contributed by atoms with Crippen LogP contribution in [-0.4, -0.2) is 23.4 Å². The van der Waals surface area contributed by atoms with Gasteiger partial charge in [-0.25, -0.2) is 0 Å². The van der Waals surface area contributed by atoms with Crippen molar-refractivity contribution >= 4 is 0 Å². The molecule has 0 bridgehead atoms. The summed E-state index contributed by atoms with van der Waals surface area (Å²) in [6, 6.07) is -0.116. The summed E-state index contributed by atoms with van der Waals surface area (Å²) in [6.45, 7) is 1.81. The smallest absolute Gasteiger partial charge is 0.142 e. The van der Waals surface area contributed by atoms with Gasteiger partial charge in [0.2, 0.25) is 0 Å². The quantitative estimate of drug-likeness (QED) is 0.507. The molecular formula is C6H11NO2. The molecule has 0 aliphatic carbocycles. The maximum Gasteiger partial charge on any atom is 0.142 e. The molecule has 1 aliphatic heterocycles. The molecule has 3 heteroatoms. The first-order valence-corrected chi connectivity index (χ1v) is 2.97. The molecule has 0 radical (unpaired) electrons. The molecule has 1 rings (SSSR count). The Morgan fingerprint density at radius 2 is 2.44 bits per heavy atom. The fourth-order valence-electron chi connectivity index (χ4n) is 0.842. The number of ether oxygens (including phenoxy) is 1. The fourth-order valence-corrected chi connectivity index (χ4v) is 0.842. The minimum absolute atomic E-state index is 0.116. The van der Waals surface area contributed by atoms with E-state index in [-0.39, 0.29) is 12.1 Å². The van der Waals surface area contributed by atoms with Crippen molar-refractivity contribution in [1.29, 1.82) is 0 Å². The van der Waals surface area contributed by atoms with Gasteiger partial charge in [-0.1, -0.05) is 0 Å². The SMILES string of the molecule is C[C@@H](N)[C@@H]1OC=C[C@@H]1O. The van der Waals surface area contributed by atoms with E-state index in [0.29, 0.717) is 0 Å². The highest BCUT2D eigenvalue weighted by atomic mass is 16.5. The Labute approximate surface area is 54.1 Å². The standard InChI is InChI=1S/C6H11NO2/c1-4(7)6-5(8)2-3-9-6/h2-6,8H,7H2,1H3/t4-,5+,6+/m1/s1. The van der Waals surface area contributed by atoms with Gasteiger partial charge in [-0.15, -0.1) is 0 Å². The average molecular weight is 129 g/mol. The van der Waals surface area contributed by atoms with E-state index in [2.05, 4.69) is 0 Å². The largest absolute Gasteiger partial charge is 0.494 e. The lowest BCUT2D eigenvalue weighted by Crippen LogP contribution is -2.38. The lowest BCUT2D eigenvalue weighted by Gasteiger charge is -2.17. The highest BCUT2D eigenvalue weighted by Crippen LogP contribution is 2.11. The summed E-state index contributed by atoms with van der Waals surface area (Å²) < 4.78 is 4.97. The molecule has 0 fully saturated rings. The molecule has 0 aromatic carbocycles. The predicted octanol–water partition coefficient (Wildman–Crippen LogP) is -0.393. The Balaban J connectivity index is 2.45. The van der Waals surface area contributed by atoms with Gasteiger partial charge in [-0.05, 0) is 13.0 Å². The summed E-state index contributed by atoms with van der Waals surface area (Å²) >= 11 is 0. The van der Waals surface area contributed by atoms with Gasteiger partial charge < -0.3 is 15.6 Å². The first kappa shape index (κ1) is 6.58. The van der Waals surface area contributed by atoms with Crippen molar-refractivity contribution in [2.24, 2.45) is 5.73 Å². The van der Waals surface area contributed by atoms with Crippen molar-refractivity contribution in [3.8, 4) is 0 Å². The van der Waals surface area contributed by atoms with E-state index in [1.54, 1.807) is 13.0 Å². The van der Waals surface area contributed by atoms with Crippen molar-refractivity contribution < 1.29 is 9.84 Å². The van der Waals surface area contributed by atoms with Gasteiger partial charge in [0.1, 0.15) is 12.2 Å². The van der Waals surface area contributed by atoms with Gasteiger partial charge >= 0.3 is 0 Å². The van der Waals surface area contributed by atoms with Gasteiger partial charge in [0.15, 0.2) is 0 Å².